The zero-order valence-corrected chi connectivity index (χ0v) is 15.9. The Labute approximate surface area is 151 Å². The summed E-state index contributed by atoms with van der Waals surface area (Å²) in [4.78, 5) is 0. The van der Waals surface area contributed by atoms with Gasteiger partial charge in [0.25, 0.3) is 0 Å². The molecule has 4 heteroatoms. The zero-order chi connectivity index (χ0) is 17.6. The Morgan fingerprint density at radius 1 is 1.08 bits per heavy atom. The van der Waals surface area contributed by atoms with E-state index in [1.165, 1.54) is 32.1 Å². The van der Waals surface area contributed by atoms with Gasteiger partial charge in [-0.15, -0.1) is 0 Å². The summed E-state index contributed by atoms with van der Waals surface area (Å²) < 4.78 is 0. The molecule has 3 N–H and O–H groups in total. The van der Waals surface area contributed by atoms with Crippen LogP contribution >= 0.6 is 0 Å². The molecule has 5 rings (SSSR count). The van der Waals surface area contributed by atoms with E-state index in [4.69, 9.17) is 0 Å². The van der Waals surface area contributed by atoms with Gasteiger partial charge in [-0.3, -0.25) is 0 Å². The van der Waals surface area contributed by atoms with Gasteiger partial charge in [-0.2, -0.15) is 5.10 Å². The highest BCUT2D eigenvalue weighted by Gasteiger charge is 2.66. The van der Waals surface area contributed by atoms with Crippen molar-refractivity contribution in [2.24, 2.45) is 45.5 Å². The summed E-state index contributed by atoms with van der Waals surface area (Å²) in [7, 11) is 0. The minimum atomic E-state index is -0.930. The van der Waals surface area contributed by atoms with Crippen LogP contribution in [0.5, 0.6) is 0 Å². The molecule has 4 nitrogen and oxygen atoms in total. The Kier molecular flexibility index (Phi) is 3.32. The summed E-state index contributed by atoms with van der Waals surface area (Å²) in [5.41, 5.74) is 2.70. The zero-order valence-electron chi connectivity index (χ0n) is 15.9. The van der Waals surface area contributed by atoms with Gasteiger partial charge in [0, 0.05) is 17.5 Å². The normalized spacial score (nSPS) is 62.5. The molecule has 0 aromatic heterocycles. The molecule has 4 saturated carbocycles. The number of aliphatic hydroxyl groups excluding tert-OH is 1. The third-order valence-electron chi connectivity index (χ3n) is 9.97. The van der Waals surface area contributed by atoms with E-state index in [0.717, 1.165) is 24.7 Å². The summed E-state index contributed by atoms with van der Waals surface area (Å²) in [5, 5.41) is 26.0. The lowest BCUT2D eigenvalue weighted by Gasteiger charge is -2.62. The summed E-state index contributed by atoms with van der Waals surface area (Å²) >= 11 is 0. The molecule has 1 heterocycles. The highest BCUT2D eigenvalue weighted by molar-refractivity contribution is 5.64. The van der Waals surface area contributed by atoms with Crippen LogP contribution in [0.25, 0.3) is 0 Å². The monoisotopic (exact) mass is 346 g/mol. The second-order valence-electron chi connectivity index (χ2n) is 10.6. The van der Waals surface area contributed by atoms with E-state index >= 15 is 0 Å². The summed E-state index contributed by atoms with van der Waals surface area (Å²) in [6.07, 6.45) is 9.80. The molecule has 5 aliphatic rings. The average molecular weight is 347 g/mol. The van der Waals surface area contributed by atoms with E-state index in [1.807, 2.05) is 6.92 Å². The SMILES string of the molecule is CC12CC3C=NNC3CC1CCC1C2CCC2(C)C1CC(O)C2(C)O. The molecule has 25 heavy (non-hydrogen) atoms. The highest BCUT2D eigenvalue weighted by atomic mass is 16.3. The van der Waals surface area contributed by atoms with Gasteiger partial charge < -0.3 is 15.6 Å². The number of hydrogen-bond donors (Lipinski definition) is 3. The molecule has 0 spiro atoms. The standard InChI is InChI=1S/C21H34N2O2/c1-19-10-12-11-22-23-17(12)8-13(19)4-5-14-15(19)6-7-20(2)16(14)9-18(24)21(20,3)25/h11-18,23-25H,4-10H2,1-3H3. The maximum Gasteiger partial charge on any atom is 0.0933 e. The molecule has 10 atom stereocenters. The van der Waals surface area contributed by atoms with E-state index in [1.54, 1.807) is 0 Å². The smallest absolute Gasteiger partial charge is 0.0933 e. The van der Waals surface area contributed by atoms with E-state index in [0.29, 0.717) is 29.2 Å². The molecule has 140 valence electrons. The Morgan fingerprint density at radius 2 is 1.88 bits per heavy atom. The summed E-state index contributed by atoms with van der Waals surface area (Å²) in [6, 6.07) is 0.567. The van der Waals surface area contributed by atoms with E-state index in [9.17, 15) is 10.2 Å². The quantitative estimate of drug-likeness (QED) is 0.632. The fourth-order valence-corrected chi connectivity index (χ4v) is 8.15. The lowest BCUT2D eigenvalue weighted by atomic mass is 9.43. The van der Waals surface area contributed by atoms with Gasteiger partial charge in [0.05, 0.1) is 17.7 Å². The molecule has 1 aliphatic heterocycles. The van der Waals surface area contributed by atoms with Crippen molar-refractivity contribution >= 4 is 6.21 Å². The Bertz CT molecular complexity index is 605. The second kappa shape index (κ2) is 5.01. The van der Waals surface area contributed by atoms with Crippen molar-refractivity contribution in [2.45, 2.75) is 83.5 Å². The van der Waals surface area contributed by atoms with Gasteiger partial charge in [-0.1, -0.05) is 13.8 Å². The molecule has 0 saturated heterocycles. The molecular formula is C21H34N2O2. The van der Waals surface area contributed by atoms with E-state index < -0.39 is 11.7 Å². The number of rotatable bonds is 0. The van der Waals surface area contributed by atoms with E-state index in [-0.39, 0.29) is 5.41 Å². The third kappa shape index (κ3) is 1.93. The van der Waals surface area contributed by atoms with Crippen LogP contribution in [0.3, 0.4) is 0 Å². The predicted octanol–water partition coefficient (Wildman–Crippen LogP) is 2.93. The molecule has 4 fully saturated rings. The third-order valence-corrected chi connectivity index (χ3v) is 9.97. The van der Waals surface area contributed by atoms with Gasteiger partial charge in [0.1, 0.15) is 0 Å². The first-order valence-corrected chi connectivity index (χ1v) is 10.5. The van der Waals surface area contributed by atoms with Crippen LogP contribution < -0.4 is 5.43 Å². The first kappa shape index (κ1) is 16.6. The number of hydrazone groups is 1. The minimum Gasteiger partial charge on any atom is -0.390 e. The Morgan fingerprint density at radius 3 is 2.68 bits per heavy atom. The lowest BCUT2D eigenvalue weighted by molar-refractivity contribution is -0.162. The first-order valence-electron chi connectivity index (χ1n) is 10.5. The Hall–Kier alpha value is -0.610. The maximum absolute atomic E-state index is 11.1. The van der Waals surface area contributed by atoms with Gasteiger partial charge in [0.15, 0.2) is 0 Å². The van der Waals surface area contributed by atoms with E-state index in [2.05, 4.69) is 30.6 Å². The fraction of sp³-hybridized carbons (Fsp3) is 0.952. The lowest BCUT2D eigenvalue weighted by Crippen LogP contribution is -2.58. The molecule has 0 aromatic rings. The van der Waals surface area contributed by atoms with Crippen LogP contribution in [0.2, 0.25) is 0 Å². The molecule has 0 bridgehead atoms. The maximum atomic E-state index is 11.1. The van der Waals surface area contributed by atoms with Crippen LogP contribution in [0.1, 0.15) is 65.7 Å². The van der Waals surface area contributed by atoms with Crippen LogP contribution in [-0.2, 0) is 0 Å². The number of aliphatic hydroxyl groups is 2. The second-order valence-corrected chi connectivity index (χ2v) is 10.6. The van der Waals surface area contributed by atoms with Crippen LogP contribution in [0, 0.1) is 40.4 Å². The molecule has 0 radical (unpaired) electrons. The van der Waals surface area contributed by atoms with Crippen molar-refractivity contribution in [3.8, 4) is 0 Å². The average Bonchev–Trinajstić information content (AvgIpc) is 3.07. The number of hydrogen-bond acceptors (Lipinski definition) is 4. The Balaban J connectivity index is 1.47. The predicted molar refractivity (Wildman–Crippen MR) is 98.0 cm³/mol. The highest BCUT2D eigenvalue weighted by Crippen LogP contribution is 2.68. The first-order chi connectivity index (χ1) is 11.8. The van der Waals surface area contributed by atoms with Crippen molar-refractivity contribution in [1.82, 2.24) is 5.43 Å². The van der Waals surface area contributed by atoms with Crippen molar-refractivity contribution in [3.63, 3.8) is 0 Å². The van der Waals surface area contributed by atoms with Gasteiger partial charge in [-0.05, 0) is 81.0 Å². The fourth-order valence-electron chi connectivity index (χ4n) is 8.15. The molecule has 0 aromatic carbocycles. The number of fused-ring (bicyclic) bond motifs is 6. The topological polar surface area (TPSA) is 64.9 Å². The van der Waals surface area contributed by atoms with Crippen molar-refractivity contribution in [3.05, 3.63) is 0 Å². The molecule has 10 unspecified atom stereocenters. The van der Waals surface area contributed by atoms with Gasteiger partial charge in [-0.25, -0.2) is 0 Å². The van der Waals surface area contributed by atoms with Gasteiger partial charge >= 0.3 is 0 Å². The van der Waals surface area contributed by atoms with Crippen LogP contribution in [0.15, 0.2) is 5.10 Å². The number of nitrogens with one attached hydrogen (secondary N) is 1. The minimum absolute atomic E-state index is 0.121. The summed E-state index contributed by atoms with van der Waals surface area (Å²) in [6.45, 7) is 6.70. The molecule has 4 aliphatic carbocycles. The molecular weight excluding hydrogens is 312 g/mol. The van der Waals surface area contributed by atoms with Crippen molar-refractivity contribution < 1.29 is 10.2 Å². The number of nitrogens with zero attached hydrogens (tertiary/aromatic N) is 1. The van der Waals surface area contributed by atoms with Crippen molar-refractivity contribution in [1.29, 1.82) is 0 Å². The van der Waals surface area contributed by atoms with Gasteiger partial charge in [0.2, 0.25) is 0 Å². The summed E-state index contributed by atoms with van der Waals surface area (Å²) in [5.74, 6) is 3.31. The van der Waals surface area contributed by atoms with Crippen LogP contribution in [-0.4, -0.2) is 34.2 Å². The van der Waals surface area contributed by atoms with Crippen LogP contribution in [0.4, 0.5) is 0 Å². The molecule has 0 amide bonds. The largest absolute Gasteiger partial charge is 0.390 e. The van der Waals surface area contributed by atoms with Crippen molar-refractivity contribution in [2.75, 3.05) is 0 Å².